The molecular weight excluding hydrogens is 382 g/mol. The summed E-state index contributed by atoms with van der Waals surface area (Å²) in [5.74, 6) is -0.453. The Labute approximate surface area is 171 Å². The molecule has 0 bridgehead atoms. The first kappa shape index (κ1) is 26.2. The number of aliphatic hydroxyl groups excluding tert-OH is 1. The third kappa shape index (κ3) is 15.3. The van der Waals surface area contributed by atoms with Gasteiger partial charge in [-0.2, -0.15) is 11.8 Å². The molecule has 1 aromatic rings. The summed E-state index contributed by atoms with van der Waals surface area (Å²) in [6, 6.07) is 9.60. The number of aliphatic carboxylic acids is 2. The Morgan fingerprint density at radius 1 is 1.18 bits per heavy atom. The Bertz CT molecular complexity index is 541. The molecule has 0 heterocycles. The number of para-hydroxylation sites is 1. The molecule has 1 rings (SSSR count). The molecule has 1 unspecified atom stereocenters. The normalized spacial score (nSPS) is 11.9. The maximum Gasteiger partial charge on any atom is 0.414 e. The van der Waals surface area contributed by atoms with Crippen molar-refractivity contribution in [1.29, 1.82) is 0 Å². The topological polar surface area (TPSA) is 116 Å². The second-order valence-electron chi connectivity index (χ2n) is 7.02. The number of carboxylic acid groups (broad SMARTS) is 2. The van der Waals surface area contributed by atoms with Crippen LogP contribution in [0.15, 0.2) is 30.3 Å². The van der Waals surface area contributed by atoms with Crippen LogP contribution in [0.5, 0.6) is 5.75 Å². The van der Waals surface area contributed by atoms with E-state index >= 15 is 0 Å². The van der Waals surface area contributed by atoms with E-state index in [0.717, 1.165) is 18.7 Å². The molecule has 7 nitrogen and oxygen atoms in total. The predicted octanol–water partition coefficient (Wildman–Crippen LogP) is 2.73. The van der Waals surface area contributed by atoms with Crippen molar-refractivity contribution in [3.63, 3.8) is 0 Å². The van der Waals surface area contributed by atoms with Crippen molar-refractivity contribution in [2.75, 3.05) is 31.2 Å². The monoisotopic (exact) mass is 415 g/mol. The zero-order valence-electron chi connectivity index (χ0n) is 16.9. The first-order chi connectivity index (χ1) is 13.2. The number of nitrogens with one attached hydrogen (secondary N) is 1. The Morgan fingerprint density at radius 2 is 1.79 bits per heavy atom. The molecule has 160 valence electrons. The van der Waals surface area contributed by atoms with Crippen molar-refractivity contribution < 1.29 is 29.6 Å². The average Bonchev–Trinajstić information content (AvgIpc) is 2.66. The fourth-order valence-corrected chi connectivity index (χ4v) is 3.04. The van der Waals surface area contributed by atoms with E-state index in [4.69, 9.17) is 24.5 Å². The Balaban J connectivity index is 0.00000105. The molecule has 1 atom stereocenters. The first-order valence-electron chi connectivity index (χ1n) is 9.28. The molecule has 0 amide bonds. The van der Waals surface area contributed by atoms with E-state index in [1.165, 1.54) is 17.9 Å². The minimum Gasteiger partial charge on any atom is -0.491 e. The van der Waals surface area contributed by atoms with E-state index in [9.17, 15) is 5.11 Å². The number of carboxylic acids is 2. The zero-order chi connectivity index (χ0) is 21.4. The summed E-state index contributed by atoms with van der Waals surface area (Å²) in [5.41, 5.74) is 0.447. The highest BCUT2D eigenvalue weighted by molar-refractivity contribution is 7.99. The number of hydrogen-bond acceptors (Lipinski definition) is 6. The molecule has 0 spiro atoms. The van der Waals surface area contributed by atoms with E-state index < -0.39 is 18.0 Å². The largest absolute Gasteiger partial charge is 0.491 e. The summed E-state index contributed by atoms with van der Waals surface area (Å²) in [6.07, 6.45) is 1.90. The van der Waals surface area contributed by atoms with Crippen molar-refractivity contribution in [3.05, 3.63) is 30.3 Å². The maximum absolute atomic E-state index is 9.86. The Kier molecular flexibility index (Phi) is 14.2. The highest BCUT2D eigenvalue weighted by Crippen LogP contribution is 2.25. The third-order valence-corrected chi connectivity index (χ3v) is 5.40. The summed E-state index contributed by atoms with van der Waals surface area (Å²) in [6.45, 7) is 8.75. The number of rotatable bonds is 12. The quantitative estimate of drug-likeness (QED) is 0.304. The van der Waals surface area contributed by atoms with Crippen LogP contribution in [0.4, 0.5) is 0 Å². The summed E-state index contributed by atoms with van der Waals surface area (Å²) in [5, 5.41) is 27.9. The summed E-state index contributed by atoms with van der Waals surface area (Å²) in [4.78, 5) is 18.2. The Morgan fingerprint density at radius 3 is 2.32 bits per heavy atom. The van der Waals surface area contributed by atoms with Crippen molar-refractivity contribution in [3.8, 4) is 5.75 Å². The van der Waals surface area contributed by atoms with Crippen molar-refractivity contribution in [1.82, 2.24) is 5.32 Å². The number of thioether (sulfide) groups is 1. The van der Waals surface area contributed by atoms with Gasteiger partial charge in [-0.05, 0) is 42.0 Å². The van der Waals surface area contributed by atoms with Crippen LogP contribution in [0.3, 0.4) is 0 Å². The molecule has 0 aliphatic heterocycles. The molecule has 1 aromatic carbocycles. The van der Waals surface area contributed by atoms with E-state index in [2.05, 4.69) is 26.1 Å². The van der Waals surface area contributed by atoms with Gasteiger partial charge in [0.2, 0.25) is 0 Å². The lowest BCUT2D eigenvalue weighted by atomic mass is 9.93. The molecule has 28 heavy (non-hydrogen) atoms. The van der Waals surface area contributed by atoms with Crippen LogP contribution < -0.4 is 10.1 Å². The standard InChI is InChI=1S/C18H31NO2S.C2H2O4/c1-4-18(2,3)15-22-12-8-11-19-13-16(20)14-21-17-9-6-5-7-10-17;3-1(4)2(5)6/h5-7,9-10,16,19-20H,4,8,11-15H2,1-3H3;(H,3,4)(H,5,6). The number of carbonyl (C=O) groups is 2. The van der Waals surface area contributed by atoms with Gasteiger partial charge >= 0.3 is 11.9 Å². The fraction of sp³-hybridized carbons (Fsp3) is 0.600. The molecule has 0 aromatic heterocycles. The molecule has 0 saturated heterocycles. The van der Waals surface area contributed by atoms with Gasteiger partial charge in [-0.15, -0.1) is 0 Å². The zero-order valence-corrected chi connectivity index (χ0v) is 17.7. The van der Waals surface area contributed by atoms with Crippen LogP contribution in [-0.4, -0.2) is 64.6 Å². The SMILES string of the molecule is CCC(C)(C)CSCCCNCC(O)COc1ccccc1.O=C(O)C(=O)O. The molecule has 8 heteroatoms. The van der Waals surface area contributed by atoms with Crippen molar-refractivity contribution in [2.45, 2.75) is 39.7 Å². The van der Waals surface area contributed by atoms with Crippen LogP contribution in [-0.2, 0) is 9.59 Å². The fourth-order valence-electron chi connectivity index (χ4n) is 1.79. The second kappa shape index (κ2) is 15.2. The summed E-state index contributed by atoms with van der Waals surface area (Å²) >= 11 is 2.02. The molecule has 0 aliphatic rings. The maximum atomic E-state index is 9.86. The van der Waals surface area contributed by atoms with Crippen molar-refractivity contribution in [2.24, 2.45) is 5.41 Å². The number of benzene rings is 1. The predicted molar refractivity (Wildman–Crippen MR) is 112 cm³/mol. The van der Waals surface area contributed by atoms with Gasteiger partial charge in [-0.25, -0.2) is 9.59 Å². The van der Waals surface area contributed by atoms with Gasteiger partial charge in [0.15, 0.2) is 0 Å². The van der Waals surface area contributed by atoms with Crippen LogP contribution in [0.2, 0.25) is 0 Å². The number of ether oxygens (including phenoxy) is 1. The molecule has 0 aliphatic carbocycles. The second-order valence-corrected chi connectivity index (χ2v) is 8.12. The highest BCUT2D eigenvalue weighted by atomic mass is 32.2. The van der Waals surface area contributed by atoms with Crippen molar-refractivity contribution >= 4 is 23.7 Å². The van der Waals surface area contributed by atoms with Gasteiger partial charge in [0, 0.05) is 6.54 Å². The average molecular weight is 416 g/mol. The minimum atomic E-state index is -1.82. The minimum absolute atomic E-state index is 0.330. The molecular formula is C20H33NO6S. The van der Waals surface area contributed by atoms with Gasteiger partial charge in [0.1, 0.15) is 18.5 Å². The van der Waals surface area contributed by atoms with E-state index in [1.807, 2.05) is 42.1 Å². The molecule has 4 N–H and O–H groups in total. The van der Waals surface area contributed by atoms with E-state index in [-0.39, 0.29) is 0 Å². The van der Waals surface area contributed by atoms with Crippen LogP contribution >= 0.6 is 11.8 Å². The van der Waals surface area contributed by atoms with E-state index in [0.29, 0.717) is 18.6 Å². The summed E-state index contributed by atoms with van der Waals surface area (Å²) < 4.78 is 5.52. The van der Waals surface area contributed by atoms with Crippen LogP contribution in [0.25, 0.3) is 0 Å². The molecule has 0 saturated carbocycles. The lowest BCUT2D eigenvalue weighted by Crippen LogP contribution is -2.32. The van der Waals surface area contributed by atoms with Gasteiger partial charge in [-0.1, -0.05) is 45.4 Å². The van der Waals surface area contributed by atoms with E-state index in [1.54, 1.807) is 0 Å². The first-order valence-corrected chi connectivity index (χ1v) is 10.4. The Hall–Kier alpha value is -1.77. The van der Waals surface area contributed by atoms with Gasteiger partial charge < -0.3 is 25.4 Å². The lowest BCUT2D eigenvalue weighted by Gasteiger charge is -2.21. The lowest BCUT2D eigenvalue weighted by molar-refractivity contribution is -0.159. The van der Waals surface area contributed by atoms with Crippen LogP contribution in [0.1, 0.15) is 33.6 Å². The molecule has 0 fully saturated rings. The van der Waals surface area contributed by atoms with Gasteiger partial charge in [0.25, 0.3) is 0 Å². The highest BCUT2D eigenvalue weighted by Gasteiger charge is 2.14. The van der Waals surface area contributed by atoms with Crippen LogP contribution in [0, 0.1) is 5.41 Å². The molecule has 0 radical (unpaired) electrons. The summed E-state index contributed by atoms with van der Waals surface area (Å²) in [7, 11) is 0. The van der Waals surface area contributed by atoms with Gasteiger partial charge in [-0.3, -0.25) is 0 Å². The number of aliphatic hydroxyl groups is 1. The smallest absolute Gasteiger partial charge is 0.414 e. The third-order valence-electron chi connectivity index (χ3n) is 3.84. The van der Waals surface area contributed by atoms with Gasteiger partial charge in [0.05, 0.1) is 0 Å². The number of hydrogen-bond donors (Lipinski definition) is 4.